The predicted molar refractivity (Wildman–Crippen MR) is 91.1 cm³/mol. The zero-order chi connectivity index (χ0) is 16.7. The molecule has 0 heterocycles. The maximum Gasteiger partial charge on any atom is 0.251 e. The fraction of sp³-hybridized carbons (Fsp3) is 0.263. The second kappa shape index (κ2) is 8.13. The van der Waals surface area contributed by atoms with Crippen molar-refractivity contribution in [1.29, 1.82) is 0 Å². The highest BCUT2D eigenvalue weighted by atomic mass is 16.2. The molecule has 0 fully saturated rings. The van der Waals surface area contributed by atoms with Crippen LogP contribution >= 0.6 is 0 Å². The summed E-state index contributed by atoms with van der Waals surface area (Å²) < 4.78 is 0. The Kier molecular flexibility index (Phi) is 5.92. The molecular weight excluding hydrogens is 288 g/mol. The van der Waals surface area contributed by atoms with Crippen LogP contribution in [0.3, 0.4) is 0 Å². The van der Waals surface area contributed by atoms with E-state index in [1.807, 2.05) is 62.4 Å². The highest BCUT2D eigenvalue weighted by Gasteiger charge is 2.14. The molecule has 0 saturated carbocycles. The first-order chi connectivity index (χ1) is 11.1. The average molecular weight is 310 g/mol. The highest BCUT2D eigenvalue weighted by Crippen LogP contribution is 2.15. The molecule has 0 aromatic heterocycles. The molecule has 2 aromatic rings. The van der Waals surface area contributed by atoms with Crippen molar-refractivity contribution in [3.8, 4) is 0 Å². The topological polar surface area (TPSA) is 58.2 Å². The van der Waals surface area contributed by atoms with Crippen molar-refractivity contribution in [2.75, 3.05) is 6.54 Å². The number of carbonyl (C=O) groups is 2. The van der Waals surface area contributed by atoms with Crippen LogP contribution in [0.1, 0.15) is 40.9 Å². The molecule has 2 amide bonds. The van der Waals surface area contributed by atoms with E-state index in [0.29, 0.717) is 5.56 Å². The third-order valence-corrected chi connectivity index (χ3v) is 3.74. The summed E-state index contributed by atoms with van der Waals surface area (Å²) in [5.74, 6) is -0.423. The molecule has 23 heavy (non-hydrogen) atoms. The number of hydrogen-bond donors (Lipinski definition) is 2. The van der Waals surface area contributed by atoms with Gasteiger partial charge in [-0.3, -0.25) is 9.59 Å². The molecule has 0 unspecified atom stereocenters. The van der Waals surface area contributed by atoms with Gasteiger partial charge in [0.25, 0.3) is 5.91 Å². The Morgan fingerprint density at radius 2 is 1.65 bits per heavy atom. The minimum absolute atomic E-state index is 0.0312. The number of amides is 2. The molecule has 2 rings (SSSR count). The maximum atomic E-state index is 12.1. The van der Waals surface area contributed by atoms with E-state index < -0.39 is 0 Å². The van der Waals surface area contributed by atoms with Gasteiger partial charge in [-0.2, -0.15) is 0 Å². The number of hydrogen-bond acceptors (Lipinski definition) is 2. The van der Waals surface area contributed by atoms with E-state index in [4.69, 9.17) is 0 Å². The Morgan fingerprint density at radius 1 is 1.00 bits per heavy atom. The zero-order valence-corrected chi connectivity index (χ0v) is 13.5. The minimum Gasteiger partial charge on any atom is -0.348 e. The van der Waals surface area contributed by atoms with Crippen LogP contribution < -0.4 is 10.6 Å². The van der Waals surface area contributed by atoms with E-state index in [1.54, 1.807) is 6.07 Å². The molecule has 1 atom stereocenters. The Hall–Kier alpha value is -2.62. The fourth-order valence-electron chi connectivity index (χ4n) is 2.44. The second-order valence-corrected chi connectivity index (χ2v) is 5.44. The summed E-state index contributed by atoms with van der Waals surface area (Å²) in [6.07, 6.45) is 0.793. The van der Waals surface area contributed by atoms with Gasteiger partial charge in [-0.15, -0.1) is 0 Å². The SMILES string of the molecule is CC[C@@H](NC(=O)CNC(=O)c1ccccc1C)c1ccccc1. The predicted octanol–water partition coefficient (Wildman–Crippen LogP) is 2.99. The minimum atomic E-state index is -0.231. The third kappa shape index (κ3) is 4.68. The van der Waals surface area contributed by atoms with Gasteiger partial charge in [-0.05, 0) is 30.5 Å². The Balaban J connectivity index is 1.90. The summed E-state index contributed by atoms with van der Waals surface area (Å²) >= 11 is 0. The summed E-state index contributed by atoms with van der Waals surface area (Å²) in [5.41, 5.74) is 2.55. The van der Waals surface area contributed by atoms with Crippen LogP contribution in [0, 0.1) is 6.92 Å². The largest absolute Gasteiger partial charge is 0.348 e. The Bertz CT molecular complexity index is 668. The van der Waals surface area contributed by atoms with E-state index in [-0.39, 0.29) is 24.4 Å². The number of aryl methyl sites for hydroxylation is 1. The number of benzene rings is 2. The summed E-state index contributed by atoms with van der Waals surface area (Å²) in [5, 5.41) is 5.62. The Labute approximate surface area is 136 Å². The summed E-state index contributed by atoms with van der Waals surface area (Å²) in [4.78, 5) is 24.2. The first-order valence-electron chi connectivity index (χ1n) is 7.80. The Morgan fingerprint density at radius 3 is 2.30 bits per heavy atom. The van der Waals surface area contributed by atoms with E-state index in [1.165, 1.54) is 0 Å². The molecule has 4 heteroatoms. The number of carbonyl (C=O) groups excluding carboxylic acids is 2. The second-order valence-electron chi connectivity index (χ2n) is 5.44. The van der Waals surface area contributed by atoms with E-state index in [0.717, 1.165) is 17.5 Å². The lowest BCUT2D eigenvalue weighted by Gasteiger charge is -2.17. The van der Waals surface area contributed by atoms with Crippen molar-refractivity contribution in [2.45, 2.75) is 26.3 Å². The quantitative estimate of drug-likeness (QED) is 0.861. The molecule has 0 spiro atoms. The van der Waals surface area contributed by atoms with E-state index in [9.17, 15) is 9.59 Å². The van der Waals surface area contributed by atoms with Gasteiger partial charge in [0, 0.05) is 5.56 Å². The van der Waals surface area contributed by atoms with Crippen LogP contribution in [0.15, 0.2) is 54.6 Å². The molecule has 0 aliphatic heterocycles. The molecule has 0 bridgehead atoms. The van der Waals surface area contributed by atoms with Crippen LogP contribution in [-0.2, 0) is 4.79 Å². The molecule has 0 aliphatic rings. The maximum absolute atomic E-state index is 12.1. The molecule has 0 radical (unpaired) electrons. The van der Waals surface area contributed by atoms with Crippen molar-refractivity contribution < 1.29 is 9.59 Å². The van der Waals surface area contributed by atoms with Gasteiger partial charge in [0.05, 0.1) is 12.6 Å². The van der Waals surface area contributed by atoms with Gasteiger partial charge < -0.3 is 10.6 Å². The summed E-state index contributed by atoms with van der Waals surface area (Å²) in [6.45, 7) is 3.86. The van der Waals surface area contributed by atoms with Crippen molar-refractivity contribution in [2.24, 2.45) is 0 Å². The van der Waals surface area contributed by atoms with Crippen molar-refractivity contribution in [3.63, 3.8) is 0 Å². The zero-order valence-electron chi connectivity index (χ0n) is 13.5. The van der Waals surface area contributed by atoms with Gasteiger partial charge in [-0.1, -0.05) is 55.5 Å². The van der Waals surface area contributed by atoms with Crippen molar-refractivity contribution in [1.82, 2.24) is 10.6 Å². The van der Waals surface area contributed by atoms with E-state index >= 15 is 0 Å². The number of rotatable bonds is 6. The molecule has 2 aromatic carbocycles. The molecule has 0 aliphatic carbocycles. The van der Waals surface area contributed by atoms with Crippen LogP contribution in [0.25, 0.3) is 0 Å². The van der Waals surface area contributed by atoms with Crippen LogP contribution in [0.2, 0.25) is 0 Å². The van der Waals surface area contributed by atoms with Crippen LogP contribution in [0.4, 0.5) is 0 Å². The number of nitrogens with one attached hydrogen (secondary N) is 2. The molecule has 2 N–H and O–H groups in total. The lowest BCUT2D eigenvalue weighted by molar-refractivity contribution is -0.120. The molecular formula is C19H22N2O2. The first-order valence-corrected chi connectivity index (χ1v) is 7.80. The summed E-state index contributed by atoms with van der Waals surface area (Å²) in [7, 11) is 0. The van der Waals surface area contributed by atoms with Crippen molar-refractivity contribution in [3.05, 3.63) is 71.3 Å². The van der Waals surface area contributed by atoms with Crippen molar-refractivity contribution >= 4 is 11.8 Å². The average Bonchev–Trinajstić information content (AvgIpc) is 2.58. The monoisotopic (exact) mass is 310 g/mol. The van der Waals surface area contributed by atoms with Gasteiger partial charge in [-0.25, -0.2) is 0 Å². The van der Waals surface area contributed by atoms with Gasteiger partial charge in [0.1, 0.15) is 0 Å². The van der Waals surface area contributed by atoms with Crippen LogP contribution in [0.5, 0.6) is 0 Å². The van der Waals surface area contributed by atoms with Gasteiger partial charge in [0.2, 0.25) is 5.91 Å². The lowest BCUT2D eigenvalue weighted by atomic mass is 10.0. The standard InChI is InChI=1S/C19H22N2O2/c1-3-17(15-10-5-4-6-11-15)21-18(22)13-20-19(23)16-12-8-7-9-14(16)2/h4-12,17H,3,13H2,1-2H3,(H,20,23)(H,21,22)/t17-/m1/s1. The third-order valence-electron chi connectivity index (χ3n) is 3.74. The normalized spacial score (nSPS) is 11.6. The molecule has 0 saturated heterocycles. The van der Waals surface area contributed by atoms with Crippen LogP contribution in [-0.4, -0.2) is 18.4 Å². The smallest absolute Gasteiger partial charge is 0.251 e. The van der Waals surface area contributed by atoms with E-state index in [2.05, 4.69) is 10.6 Å². The highest BCUT2D eigenvalue weighted by molar-refractivity contribution is 5.97. The van der Waals surface area contributed by atoms with Gasteiger partial charge in [0.15, 0.2) is 0 Å². The molecule has 120 valence electrons. The first kappa shape index (κ1) is 16.7. The molecule has 4 nitrogen and oxygen atoms in total. The van der Waals surface area contributed by atoms with Gasteiger partial charge >= 0.3 is 0 Å². The lowest BCUT2D eigenvalue weighted by Crippen LogP contribution is -2.38. The summed E-state index contributed by atoms with van der Waals surface area (Å²) in [6, 6.07) is 17.1. The fourth-order valence-corrected chi connectivity index (χ4v) is 2.44.